The molecule has 13 nitrogen and oxygen atoms in total. The second-order valence-corrected chi connectivity index (χ2v) is 10.4. The number of hydrogen-bond donors (Lipinski definition) is 4. The summed E-state index contributed by atoms with van der Waals surface area (Å²) in [6.45, 7) is 0. The van der Waals surface area contributed by atoms with Crippen molar-refractivity contribution in [3.05, 3.63) is 29.3 Å². The fourth-order valence-corrected chi connectivity index (χ4v) is 5.25. The molecule has 0 amide bonds. The minimum absolute atomic E-state index is 0.150. The molecular weight excluding hydrogens is 448 g/mol. The van der Waals surface area contributed by atoms with Crippen LogP contribution < -0.4 is 4.74 Å². The lowest BCUT2D eigenvalue weighted by Gasteiger charge is -2.28. The average Bonchev–Trinajstić information content (AvgIpc) is 2.50. The van der Waals surface area contributed by atoms with Gasteiger partial charge in [-0.25, -0.2) is 9.59 Å². The van der Waals surface area contributed by atoms with Crippen molar-refractivity contribution in [2.75, 3.05) is 0 Å². The molecule has 1 aromatic carbocycles. The Labute approximate surface area is 157 Å². The zero-order valence-corrected chi connectivity index (χ0v) is 15.7. The monoisotopic (exact) mass is 458 g/mol. The average molecular weight is 458 g/mol. The van der Waals surface area contributed by atoms with Gasteiger partial charge in [0.1, 0.15) is 4.90 Å². The van der Waals surface area contributed by atoms with E-state index in [1.54, 1.807) is 0 Å². The van der Waals surface area contributed by atoms with Gasteiger partial charge in [-0.2, -0.15) is 25.3 Å². The first-order chi connectivity index (χ1) is 12.5. The summed E-state index contributed by atoms with van der Waals surface area (Å²) in [7, 11) is -16.1. The molecule has 4 N–H and O–H groups in total. The van der Waals surface area contributed by atoms with E-state index in [4.69, 9.17) is 5.11 Å². The summed E-state index contributed by atoms with van der Waals surface area (Å²) in [5.74, 6) is -4.94. The molecule has 0 aromatic heterocycles. The van der Waals surface area contributed by atoms with Gasteiger partial charge in [0.15, 0.2) is 5.75 Å². The van der Waals surface area contributed by atoms with Crippen molar-refractivity contribution in [1.82, 2.24) is 0 Å². The summed E-state index contributed by atoms with van der Waals surface area (Å²) in [6.07, 6.45) is -0.0334. The van der Waals surface area contributed by atoms with Crippen molar-refractivity contribution in [2.24, 2.45) is 0 Å². The number of ether oxygens (including phenoxy) is 1. The van der Waals surface area contributed by atoms with Crippen molar-refractivity contribution in [2.45, 2.75) is 15.4 Å². The van der Waals surface area contributed by atoms with Crippen molar-refractivity contribution in [3.8, 4) is 5.75 Å². The predicted molar refractivity (Wildman–Crippen MR) is 88.1 cm³/mol. The van der Waals surface area contributed by atoms with E-state index in [-0.39, 0.29) is 5.56 Å². The Morgan fingerprint density at radius 2 is 1.50 bits per heavy atom. The molecule has 0 aliphatic heterocycles. The van der Waals surface area contributed by atoms with E-state index in [2.05, 4.69) is 4.74 Å². The molecule has 0 unspecified atom stereocenters. The molecule has 16 heteroatoms. The highest BCUT2D eigenvalue weighted by Gasteiger charge is 2.54. The normalized spacial score (nSPS) is 16.2. The Morgan fingerprint density at radius 1 is 0.964 bits per heavy atom. The molecule has 0 spiro atoms. The number of aliphatic carboxylic acids is 1. The van der Waals surface area contributed by atoms with Gasteiger partial charge in [-0.15, -0.1) is 0 Å². The van der Waals surface area contributed by atoms with Crippen LogP contribution in [0.5, 0.6) is 5.75 Å². The molecule has 0 saturated carbocycles. The SMILES string of the molecule is O=C(O)C(=O)Oc1cc2c(cc1S(=O)(=O)O)CC(S(=O)(=O)O)(S(=O)(=O)O)C=C2. The van der Waals surface area contributed by atoms with E-state index < -0.39 is 69.0 Å². The predicted octanol–water partition coefficient (Wildman–Crippen LogP) is -1.04. The van der Waals surface area contributed by atoms with Gasteiger partial charge >= 0.3 is 11.9 Å². The molecule has 0 fully saturated rings. The fourth-order valence-electron chi connectivity index (χ4n) is 2.38. The van der Waals surface area contributed by atoms with E-state index in [0.717, 1.165) is 6.08 Å². The summed E-state index contributed by atoms with van der Waals surface area (Å²) >= 11 is 0. The number of benzene rings is 1. The quantitative estimate of drug-likeness (QED) is 0.183. The van der Waals surface area contributed by atoms with Crippen LogP contribution >= 0.6 is 0 Å². The molecule has 0 radical (unpaired) electrons. The van der Waals surface area contributed by atoms with Crippen LogP contribution in [0, 0.1) is 0 Å². The molecule has 1 aliphatic carbocycles. The van der Waals surface area contributed by atoms with Crippen LogP contribution in [-0.4, -0.2) is 60.0 Å². The lowest BCUT2D eigenvalue weighted by Crippen LogP contribution is -2.47. The van der Waals surface area contributed by atoms with Crippen molar-refractivity contribution in [1.29, 1.82) is 0 Å². The van der Waals surface area contributed by atoms with Crippen molar-refractivity contribution < 1.29 is 58.3 Å². The standard InChI is InChI=1S/C12H10O13S3/c13-10(14)11(15)25-8-3-6-1-2-12(27(19,20)21,28(22,23)24)5-7(6)4-9(8)26(16,17)18/h1-4H,5H2,(H,13,14)(H,16,17,18)(H,19,20,21)(H,22,23,24). The highest BCUT2D eigenvalue weighted by Crippen LogP contribution is 2.39. The van der Waals surface area contributed by atoms with Crippen LogP contribution in [0.4, 0.5) is 0 Å². The van der Waals surface area contributed by atoms with Gasteiger partial charge in [-0.05, 0) is 29.3 Å². The minimum Gasteiger partial charge on any atom is -0.473 e. The van der Waals surface area contributed by atoms with Gasteiger partial charge < -0.3 is 9.84 Å². The highest BCUT2D eigenvalue weighted by molar-refractivity contribution is 8.05. The molecule has 0 heterocycles. The van der Waals surface area contributed by atoms with E-state index in [9.17, 15) is 48.5 Å². The van der Waals surface area contributed by atoms with Crippen LogP contribution in [0.3, 0.4) is 0 Å². The third-order valence-electron chi connectivity index (χ3n) is 3.69. The number of carboxylic acid groups (broad SMARTS) is 1. The highest BCUT2D eigenvalue weighted by atomic mass is 32.3. The lowest BCUT2D eigenvalue weighted by molar-refractivity contribution is -0.158. The zero-order chi connectivity index (χ0) is 21.7. The molecule has 154 valence electrons. The minimum atomic E-state index is -5.48. The first-order valence-electron chi connectivity index (χ1n) is 6.72. The number of carbonyl (C=O) groups is 2. The Morgan fingerprint density at radius 3 is 1.93 bits per heavy atom. The van der Waals surface area contributed by atoms with Gasteiger partial charge in [0, 0.05) is 6.42 Å². The van der Waals surface area contributed by atoms with Crippen LogP contribution in [0.25, 0.3) is 6.08 Å². The fraction of sp³-hybridized carbons (Fsp3) is 0.167. The van der Waals surface area contributed by atoms with Crippen LogP contribution in [0.1, 0.15) is 11.1 Å². The number of hydrogen-bond acceptors (Lipinski definition) is 9. The number of carbonyl (C=O) groups excluding carboxylic acids is 1. The van der Waals surface area contributed by atoms with Gasteiger partial charge in [-0.3, -0.25) is 13.7 Å². The molecule has 0 atom stereocenters. The van der Waals surface area contributed by atoms with Gasteiger partial charge in [0.25, 0.3) is 30.4 Å². The van der Waals surface area contributed by atoms with Gasteiger partial charge in [-0.1, -0.05) is 6.08 Å². The number of carboxylic acids is 1. The maximum absolute atomic E-state index is 11.6. The molecule has 0 saturated heterocycles. The molecule has 1 aliphatic rings. The van der Waals surface area contributed by atoms with Crippen molar-refractivity contribution in [3.63, 3.8) is 0 Å². The van der Waals surface area contributed by atoms with E-state index >= 15 is 0 Å². The molecule has 2 rings (SSSR count). The zero-order valence-electron chi connectivity index (χ0n) is 13.2. The molecule has 28 heavy (non-hydrogen) atoms. The second kappa shape index (κ2) is 6.61. The van der Waals surface area contributed by atoms with Crippen LogP contribution in [0.15, 0.2) is 23.1 Å². The summed E-state index contributed by atoms with van der Waals surface area (Å²) in [6, 6.07) is 1.22. The van der Waals surface area contributed by atoms with Gasteiger partial charge in [0.2, 0.25) is 4.08 Å². The smallest absolute Gasteiger partial charge is 0.422 e. The van der Waals surface area contributed by atoms with E-state index in [0.29, 0.717) is 18.2 Å². The molecule has 0 bridgehead atoms. The molecular formula is C12H10O13S3. The lowest BCUT2D eigenvalue weighted by atomic mass is 9.96. The second-order valence-electron chi connectivity index (χ2n) is 5.44. The summed E-state index contributed by atoms with van der Waals surface area (Å²) < 4.78 is 98.3. The van der Waals surface area contributed by atoms with Crippen LogP contribution in [0.2, 0.25) is 0 Å². The number of rotatable bonds is 4. The van der Waals surface area contributed by atoms with E-state index in [1.807, 2.05) is 0 Å². The summed E-state index contributed by atoms with van der Waals surface area (Å²) in [4.78, 5) is 20.6. The summed E-state index contributed by atoms with van der Waals surface area (Å²) in [5.41, 5.74) is -0.566. The number of esters is 1. The Hall–Kier alpha value is -2.37. The first-order valence-corrected chi connectivity index (χ1v) is 11.0. The third kappa shape index (κ3) is 3.77. The number of fused-ring (bicyclic) bond motifs is 1. The Bertz CT molecular complexity index is 1190. The third-order valence-corrected chi connectivity index (χ3v) is 8.13. The van der Waals surface area contributed by atoms with Gasteiger partial charge in [0.05, 0.1) is 0 Å². The van der Waals surface area contributed by atoms with Crippen LogP contribution in [-0.2, 0) is 46.4 Å². The molecule has 1 aromatic rings. The first kappa shape index (κ1) is 21.9. The largest absolute Gasteiger partial charge is 0.473 e. The summed E-state index contributed by atoms with van der Waals surface area (Å²) in [5, 5.41) is 8.53. The Balaban J connectivity index is 2.77. The topological polar surface area (TPSA) is 227 Å². The maximum atomic E-state index is 11.6. The van der Waals surface area contributed by atoms with Crippen molar-refractivity contribution >= 4 is 48.4 Å². The maximum Gasteiger partial charge on any atom is 0.422 e. The van der Waals surface area contributed by atoms with E-state index in [1.165, 1.54) is 0 Å². The Kier molecular flexibility index (Phi) is 5.17.